The number of benzene rings is 2. The number of carbonyl (C=O) groups excluding carboxylic acids is 3. The Labute approximate surface area is 242 Å². The van der Waals surface area contributed by atoms with Crippen molar-refractivity contribution in [1.29, 1.82) is 0 Å². The Morgan fingerprint density at radius 2 is 1.72 bits per heavy atom. The Bertz CT molecular complexity index is 1560. The lowest BCUT2D eigenvalue weighted by Crippen LogP contribution is -2.56. The molecule has 2 aromatic carbocycles. The summed E-state index contributed by atoms with van der Waals surface area (Å²) in [6.07, 6.45) is -5.41. The molecule has 2 fully saturated rings. The number of carbonyl (C=O) groups is 3. The van der Waals surface area contributed by atoms with Gasteiger partial charge in [-0.05, 0) is 67.1 Å². The van der Waals surface area contributed by atoms with Crippen molar-refractivity contribution in [2.75, 3.05) is 24.1 Å². The van der Waals surface area contributed by atoms with E-state index in [1.807, 2.05) is 0 Å². The molecular weight excluding hydrogens is 603 g/mol. The highest BCUT2D eigenvalue weighted by molar-refractivity contribution is 7.92. The lowest BCUT2D eigenvalue weighted by molar-refractivity contribution is -0.271. The van der Waals surface area contributed by atoms with Gasteiger partial charge in [0.1, 0.15) is 18.0 Å². The minimum atomic E-state index is -5.35. The van der Waals surface area contributed by atoms with E-state index in [2.05, 4.69) is 10.6 Å². The summed E-state index contributed by atoms with van der Waals surface area (Å²) < 4.78 is 96.4. The number of amides is 4. The van der Waals surface area contributed by atoms with Crippen LogP contribution in [-0.4, -0.2) is 73.8 Å². The minimum Gasteiger partial charge on any atom is -0.374 e. The third kappa shape index (κ3) is 5.30. The Kier molecular flexibility index (Phi) is 7.65. The van der Waals surface area contributed by atoms with E-state index in [1.165, 1.54) is 4.90 Å². The number of fused-ring (bicyclic) bond motifs is 1. The number of nitrogens with one attached hydrogen (secondary N) is 2. The van der Waals surface area contributed by atoms with Gasteiger partial charge in [-0.2, -0.15) is 13.2 Å². The number of alkyl halides is 4. The highest BCUT2D eigenvalue weighted by atomic mass is 32.2. The van der Waals surface area contributed by atoms with Crippen LogP contribution in [-0.2, 0) is 31.6 Å². The number of aliphatic hydroxyl groups is 1. The van der Waals surface area contributed by atoms with Gasteiger partial charge >= 0.3 is 12.2 Å². The molecule has 3 aliphatic rings. The fourth-order valence-corrected chi connectivity index (χ4v) is 7.51. The fourth-order valence-electron chi connectivity index (χ4n) is 5.79. The van der Waals surface area contributed by atoms with Crippen LogP contribution in [0.1, 0.15) is 36.8 Å². The Morgan fingerprint density at radius 1 is 1.07 bits per heavy atom. The van der Waals surface area contributed by atoms with E-state index in [1.54, 1.807) is 0 Å². The SMILES string of the molecule is O=C1NC(=O)C2(CCN(C(=O)C[C@@H]3CCc4cc(C(O)(CF)C(F)(F)F)ccc4N3S(=O)(=O)c3ccc(F)cc3)CC2)N1. The molecule has 5 rings (SSSR count). The van der Waals surface area contributed by atoms with E-state index in [4.69, 9.17) is 0 Å². The van der Waals surface area contributed by atoms with E-state index in [0.717, 1.165) is 46.8 Å². The van der Waals surface area contributed by atoms with Crippen molar-refractivity contribution in [2.45, 2.75) is 60.4 Å². The lowest BCUT2D eigenvalue weighted by atomic mass is 9.87. The maximum Gasteiger partial charge on any atom is 0.424 e. The van der Waals surface area contributed by atoms with Crippen LogP contribution < -0.4 is 14.9 Å². The van der Waals surface area contributed by atoms with E-state index in [9.17, 15) is 49.9 Å². The number of hydrogen-bond acceptors (Lipinski definition) is 6. The molecule has 3 heterocycles. The number of rotatable bonds is 6. The molecule has 43 heavy (non-hydrogen) atoms. The van der Waals surface area contributed by atoms with Crippen molar-refractivity contribution in [3.8, 4) is 0 Å². The van der Waals surface area contributed by atoms with Crippen molar-refractivity contribution in [3.63, 3.8) is 0 Å². The summed E-state index contributed by atoms with van der Waals surface area (Å²) in [6, 6.07) is 4.96. The summed E-state index contributed by atoms with van der Waals surface area (Å²) >= 11 is 0. The van der Waals surface area contributed by atoms with Crippen LogP contribution in [0.3, 0.4) is 0 Å². The number of nitrogens with zero attached hydrogens (tertiary/aromatic N) is 2. The van der Waals surface area contributed by atoms with Gasteiger partial charge in [-0.1, -0.05) is 12.1 Å². The van der Waals surface area contributed by atoms with E-state index in [-0.39, 0.29) is 61.3 Å². The molecule has 1 spiro atoms. The smallest absolute Gasteiger partial charge is 0.374 e. The van der Waals surface area contributed by atoms with E-state index in [0.29, 0.717) is 0 Å². The largest absolute Gasteiger partial charge is 0.424 e. The third-order valence-corrected chi connectivity index (χ3v) is 10.2. The number of urea groups is 1. The maximum absolute atomic E-state index is 13.9. The second kappa shape index (κ2) is 10.7. The first-order valence-corrected chi connectivity index (χ1v) is 14.8. The number of likely N-dealkylation sites (tertiary alicyclic amines) is 1. The van der Waals surface area contributed by atoms with Gasteiger partial charge in [-0.25, -0.2) is 22.0 Å². The number of halogens is 5. The van der Waals surface area contributed by atoms with Gasteiger partial charge in [0.25, 0.3) is 15.9 Å². The van der Waals surface area contributed by atoms with Crippen molar-refractivity contribution in [2.24, 2.45) is 0 Å². The molecule has 10 nitrogen and oxygen atoms in total. The minimum absolute atomic E-state index is 0.00605. The van der Waals surface area contributed by atoms with Crippen LogP contribution in [0.25, 0.3) is 0 Å². The average molecular weight is 631 g/mol. The number of aryl methyl sites for hydroxylation is 1. The highest BCUT2D eigenvalue weighted by Gasteiger charge is 2.56. The molecule has 0 saturated carbocycles. The van der Waals surface area contributed by atoms with Crippen LogP contribution in [0.15, 0.2) is 47.4 Å². The van der Waals surface area contributed by atoms with Crippen LogP contribution in [0.2, 0.25) is 0 Å². The number of imide groups is 1. The van der Waals surface area contributed by atoms with Crippen molar-refractivity contribution in [1.82, 2.24) is 15.5 Å². The molecule has 3 N–H and O–H groups in total. The second-order valence-corrected chi connectivity index (χ2v) is 12.7. The molecule has 3 aliphatic heterocycles. The number of piperidine rings is 1. The molecule has 0 radical (unpaired) electrons. The first-order valence-electron chi connectivity index (χ1n) is 13.3. The summed E-state index contributed by atoms with van der Waals surface area (Å²) in [7, 11) is -4.49. The van der Waals surface area contributed by atoms with E-state index < -0.39 is 69.3 Å². The third-order valence-electron chi connectivity index (χ3n) is 8.30. The summed E-state index contributed by atoms with van der Waals surface area (Å²) in [5.74, 6) is -1.65. The maximum atomic E-state index is 13.9. The molecule has 0 aromatic heterocycles. The quantitative estimate of drug-likeness (QED) is 0.332. The zero-order chi connectivity index (χ0) is 31.4. The fraction of sp³-hybridized carbons (Fsp3) is 0.444. The molecular formula is C27H27F5N4O6S. The molecule has 2 saturated heterocycles. The molecule has 1 unspecified atom stereocenters. The topological polar surface area (TPSA) is 136 Å². The molecule has 0 bridgehead atoms. The average Bonchev–Trinajstić information content (AvgIpc) is 3.23. The second-order valence-electron chi connectivity index (χ2n) is 10.9. The Balaban J connectivity index is 1.46. The Hall–Kier alpha value is -3.79. The van der Waals surface area contributed by atoms with Gasteiger partial charge in [0, 0.05) is 19.5 Å². The number of hydrogen-bond donors (Lipinski definition) is 3. The van der Waals surface area contributed by atoms with Crippen molar-refractivity contribution < 1.29 is 49.9 Å². The van der Waals surface area contributed by atoms with Gasteiger partial charge < -0.3 is 15.3 Å². The van der Waals surface area contributed by atoms with Gasteiger partial charge in [-0.3, -0.25) is 19.2 Å². The van der Waals surface area contributed by atoms with Crippen LogP contribution in [0.5, 0.6) is 0 Å². The monoisotopic (exact) mass is 630 g/mol. The first-order chi connectivity index (χ1) is 20.1. The Morgan fingerprint density at radius 3 is 2.28 bits per heavy atom. The van der Waals surface area contributed by atoms with Gasteiger partial charge in [-0.15, -0.1) is 0 Å². The van der Waals surface area contributed by atoms with Gasteiger partial charge in [0.05, 0.1) is 16.6 Å². The molecule has 0 aliphatic carbocycles. The zero-order valence-corrected chi connectivity index (χ0v) is 23.3. The standard InChI is InChI=1S/C27H27F5N4O6S/c28-15-26(40,27(30,31)32)17-2-8-21-16(13-17)1-5-19(36(21)43(41,42)20-6-3-18(29)4-7-20)14-22(37)35-11-9-25(10-12-35)23(38)33-24(39)34-25/h2-4,6-8,13,19,40H,1,5,9-12,14-15H2,(H2,33,34,38,39)/t19-,26?/m0/s1. The van der Waals surface area contributed by atoms with Gasteiger partial charge in [0.15, 0.2) is 0 Å². The van der Waals surface area contributed by atoms with Crippen LogP contribution >= 0.6 is 0 Å². The zero-order valence-electron chi connectivity index (χ0n) is 22.5. The van der Waals surface area contributed by atoms with Crippen LogP contribution in [0, 0.1) is 5.82 Å². The molecule has 16 heteroatoms. The lowest BCUT2D eigenvalue weighted by Gasteiger charge is -2.41. The summed E-state index contributed by atoms with van der Waals surface area (Å²) in [5, 5.41) is 14.9. The molecule has 4 amide bonds. The predicted molar refractivity (Wildman–Crippen MR) is 140 cm³/mol. The first kappa shape index (κ1) is 30.7. The summed E-state index contributed by atoms with van der Waals surface area (Å²) in [5.41, 5.74) is -5.74. The molecule has 232 valence electrons. The predicted octanol–water partition coefficient (Wildman–Crippen LogP) is 2.65. The van der Waals surface area contributed by atoms with Crippen molar-refractivity contribution >= 4 is 33.6 Å². The normalized spacial score (nSPS) is 21.7. The van der Waals surface area contributed by atoms with E-state index >= 15 is 0 Å². The highest BCUT2D eigenvalue weighted by Crippen LogP contribution is 2.43. The number of anilines is 1. The summed E-state index contributed by atoms with van der Waals surface area (Å²) in [4.78, 5) is 38.4. The number of sulfonamides is 1. The summed E-state index contributed by atoms with van der Waals surface area (Å²) in [6.45, 7) is -1.96. The van der Waals surface area contributed by atoms with Gasteiger partial charge in [0.2, 0.25) is 11.5 Å². The molecule has 2 aromatic rings. The van der Waals surface area contributed by atoms with Crippen molar-refractivity contribution in [3.05, 3.63) is 59.4 Å². The van der Waals surface area contributed by atoms with Crippen LogP contribution in [0.4, 0.5) is 32.4 Å². The molecule has 2 atom stereocenters.